The fourth-order valence-electron chi connectivity index (χ4n) is 3.48. The van der Waals surface area contributed by atoms with Crippen LogP contribution in [-0.4, -0.2) is 26.2 Å². The Balaban J connectivity index is 1.49. The Morgan fingerprint density at radius 3 is 2.65 bits per heavy atom. The van der Waals surface area contributed by atoms with Crippen LogP contribution >= 0.6 is 0 Å². The Morgan fingerprint density at radius 1 is 1.00 bits per heavy atom. The zero-order valence-electron chi connectivity index (χ0n) is 16.1. The molecule has 0 spiro atoms. The van der Waals surface area contributed by atoms with E-state index in [2.05, 4.69) is 20.2 Å². The van der Waals surface area contributed by atoms with Gasteiger partial charge in [-0.2, -0.15) is 0 Å². The monoisotopic (exact) mass is 408 g/mol. The molecular weight excluding hydrogens is 392 g/mol. The highest BCUT2D eigenvalue weighted by molar-refractivity contribution is 5.89. The van der Waals surface area contributed by atoms with Gasteiger partial charge in [-0.25, -0.2) is 9.78 Å². The number of rotatable bonds is 4. The number of aromatic hydroxyl groups is 1. The summed E-state index contributed by atoms with van der Waals surface area (Å²) in [7, 11) is 0. The molecule has 0 saturated carbocycles. The minimum atomic E-state index is -0.951. The first-order valence-electron chi connectivity index (χ1n) is 9.53. The predicted molar refractivity (Wildman–Crippen MR) is 117 cm³/mol. The topological polar surface area (TPSA) is 111 Å². The van der Waals surface area contributed by atoms with E-state index < -0.39 is 5.97 Å². The molecular formula is C24H16N4O3. The number of aromatic carboxylic acids is 1. The van der Waals surface area contributed by atoms with Crippen LogP contribution in [0.3, 0.4) is 0 Å². The van der Waals surface area contributed by atoms with Gasteiger partial charge in [0.2, 0.25) is 0 Å². The smallest absolute Gasteiger partial charge is 0.335 e. The van der Waals surface area contributed by atoms with Gasteiger partial charge in [-0.15, -0.1) is 10.2 Å². The molecule has 0 fully saturated rings. The highest BCUT2D eigenvalue weighted by Crippen LogP contribution is 2.26. The van der Waals surface area contributed by atoms with Gasteiger partial charge in [-0.05, 0) is 59.3 Å². The summed E-state index contributed by atoms with van der Waals surface area (Å²) in [5.41, 5.74) is 3.89. The summed E-state index contributed by atoms with van der Waals surface area (Å²) in [6.07, 6.45) is 7.27. The number of carboxylic acid groups (broad SMARTS) is 1. The normalized spacial score (nSPS) is 13.4. The number of hydrogen-bond acceptors (Lipinski definition) is 5. The van der Waals surface area contributed by atoms with Gasteiger partial charge in [-0.3, -0.25) is 0 Å². The zero-order chi connectivity index (χ0) is 21.4. The molecule has 3 N–H and O–H groups in total. The number of benzene rings is 2. The summed E-state index contributed by atoms with van der Waals surface area (Å²) in [6, 6.07) is 16.1. The fraction of sp³-hybridized carbons (Fsp3) is 0. The first kappa shape index (κ1) is 18.5. The van der Waals surface area contributed by atoms with Gasteiger partial charge in [0.25, 0.3) is 0 Å². The maximum atomic E-state index is 11.0. The van der Waals surface area contributed by atoms with Crippen molar-refractivity contribution in [3.05, 3.63) is 94.0 Å². The molecule has 0 aliphatic carbocycles. The number of fused-ring (bicyclic) bond motifs is 2. The van der Waals surface area contributed by atoms with Crippen molar-refractivity contribution in [2.45, 2.75) is 0 Å². The third kappa shape index (κ3) is 3.49. The summed E-state index contributed by atoms with van der Waals surface area (Å²) >= 11 is 0. The maximum absolute atomic E-state index is 11.0. The van der Waals surface area contributed by atoms with Crippen LogP contribution in [0, 0.1) is 0 Å². The van der Waals surface area contributed by atoms with Crippen LogP contribution in [0.25, 0.3) is 28.9 Å². The van der Waals surface area contributed by atoms with Crippen LogP contribution in [0.5, 0.6) is 5.88 Å². The minimum absolute atomic E-state index is 0.0694. The molecule has 0 unspecified atom stereocenters. The molecule has 0 atom stereocenters. The van der Waals surface area contributed by atoms with Crippen molar-refractivity contribution in [2.75, 3.05) is 0 Å². The number of nitrogens with zero attached hydrogens (tertiary/aromatic N) is 3. The average Bonchev–Trinajstić information content (AvgIpc) is 3.33. The SMILES string of the molecule is O=C(O)c1ccc(/C=C/C2=c3cc/c(=C\c4c(O)[nH]c5ncccc45)cc3N=N2)cc1. The second kappa shape index (κ2) is 7.38. The molecule has 0 radical (unpaired) electrons. The third-order valence-electron chi connectivity index (χ3n) is 5.06. The fourth-order valence-corrected chi connectivity index (χ4v) is 3.48. The molecule has 4 aromatic rings. The molecule has 0 bridgehead atoms. The molecule has 7 nitrogen and oxygen atoms in total. The summed E-state index contributed by atoms with van der Waals surface area (Å²) in [4.78, 5) is 18.1. The van der Waals surface area contributed by atoms with Gasteiger partial charge in [-0.1, -0.05) is 24.3 Å². The van der Waals surface area contributed by atoms with Crippen molar-refractivity contribution in [1.29, 1.82) is 0 Å². The lowest BCUT2D eigenvalue weighted by Gasteiger charge is -1.96. The second-order valence-corrected chi connectivity index (χ2v) is 7.05. The number of hydrogen-bond donors (Lipinski definition) is 3. The summed E-state index contributed by atoms with van der Waals surface area (Å²) in [5.74, 6) is -0.881. The number of carbonyl (C=O) groups is 1. The van der Waals surface area contributed by atoms with Crippen molar-refractivity contribution in [2.24, 2.45) is 10.2 Å². The molecule has 1 aliphatic rings. The van der Waals surface area contributed by atoms with Gasteiger partial charge < -0.3 is 15.2 Å². The highest BCUT2D eigenvalue weighted by atomic mass is 16.4. The Kier molecular flexibility index (Phi) is 4.41. The lowest BCUT2D eigenvalue weighted by molar-refractivity contribution is 0.0697. The average molecular weight is 408 g/mol. The first-order valence-corrected chi connectivity index (χ1v) is 9.53. The number of nitrogens with one attached hydrogen (secondary N) is 1. The van der Waals surface area contributed by atoms with Gasteiger partial charge >= 0.3 is 5.97 Å². The van der Waals surface area contributed by atoms with E-state index in [9.17, 15) is 9.90 Å². The van der Waals surface area contributed by atoms with E-state index in [1.54, 1.807) is 30.5 Å². The molecule has 0 saturated heterocycles. The van der Waals surface area contributed by atoms with Gasteiger partial charge in [0.05, 0.1) is 16.9 Å². The number of aromatic amines is 1. The van der Waals surface area contributed by atoms with Crippen LogP contribution in [0.15, 0.2) is 77.1 Å². The number of H-pyrrole nitrogens is 1. The standard InChI is InChI=1S/C24H16N4O3/c29-23-19(17-2-1-11-25-22(17)26-23)12-15-5-9-18-20(27-28-21(18)13-15)10-6-14-3-7-16(8-4-14)24(30)31/h1-13,29H,(H,25,26)(H,30,31)/b10-6+,15-12+. The van der Waals surface area contributed by atoms with E-state index in [-0.39, 0.29) is 11.4 Å². The van der Waals surface area contributed by atoms with Gasteiger partial charge in [0, 0.05) is 22.4 Å². The van der Waals surface area contributed by atoms with Gasteiger partial charge in [0.15, 0.2) is 5.88 Å². The number of pyridine rings is 1. The Hall–Kier alpha value is -4.52. The summed E-state index contributed by atoms with van der Waals surface area (Å²) in [5, 5.41) is 30.4. The molecule has 1 aliphatic heterocycles. The molecule has 2 aromatic carbocycles. The lowest BCUT2D eigenvalue weighted by Crippen LogP contribution is -2.08. The Labute approximate surface area is 176 Å². The predicted octanol–water partition coefficient (Wildman–Crippen LogP) is 3.71. The molecule has 2 aromatic heterocycles. The quantitative estimate of drug-likeness (QED) is 0.478. The molecule has 0 amide bonds. The molecule has 150 valence electrons. The van der Waals surface area contributed by atoms with Crippen LogP contribution < -0.4 is 10.4 Å². The highest BCUT2D eigenvalue weighted by Gasteiger charge is 2.10. The maximum Gasteiger partial charge on any atom is 0.335 e. The van der Waals surface area contributed by atoms with Crippen LogP contribution in [-0.2, 0) is 0 Å². The summed E-state index contributed by atoms with van der Waals surface area (Å²) in [6.45, 7) is 0. The van der Waals surface area contributed by atoms with E-state index in [4.69, 9.17) is 5.11 Å². The number of azo groups is 1. The van der Waals surface area contributed by atoms with Crippen molar-refractivity contribution in [1.82, 2.24) is 9.97 Å². The molecule has 3 heterocycles. The lowest BCUT2D eigenvalue weighted by atomic mass is 10.1. The molecule has 7 heteroatoms. The van der Waals surface area contributed by atoms with Crippen molar-refractivity contribution in [3.63, 3.8) is 0 Å². The van der Waals surface area contributed by atoms with Crippen LogP contribution in [0.2, 0.25) is 0 Å². The van der Waals surface area contributed by atoms with E-state index in [0.29, 0.717) is 11.2 Å². The molecule has 5 rings (SSSR count). The van der Waals surface area contributed by atoms with E-state index in [1.807, 2.05) is 48.6 Å². The van der Waals surface area contributed by atoms with E-state index in [1.165, 1.54) is 0 Å². The van der Waals surface area contributed by atoms with E-state index >= 15 is 0 Å². The van der Waals surface area contributed by atoms with Crippen LogP contribution in [0.4, 0.5) is 5.69 Å². The third-order valence-corrected chi connectivity index (χ3v) is 5.06. The first-order chi connectivity index (χ1) is 15.1. The number of carboxylic acids is 1. The van der Waals surface area contributed by atoms with Crippen molar-refractivity contribution < 1.29 is 15.0 Å². The minimum Gasteiger partial charge on any atom is -0.494 e. The Bertz CT molecular complexity index is 1510. The van der Waals surface area contributed by atoms with Crippen LogP contribution in [0.1, 0.15) is 21.5 Å². The van der Waals surface area contributed by atoms with E-state index in [0.717, 1.165) is 32.8 Å². The second-order valence-electron chi connectivity index (χ2n) is 7.05. The summed E-state index contributed by atoms with van der Waals surface area (Å²) < 4.78 is 0. The Morgan fingerprint density at radius 2 is 1.84 bits per heavy atom. The van der Waals surface area contributed by atoms with Crippen molar-refractivity contribution >= 4 is 40.5 Å². The zero-order valence-corrected chi connectivity index (χ0v) is 16.1. The largest absolute Gasteiger partial charge is 0.494 e. The van der Waals surface area contributed by atoms with Crippen molar-refractivity contribution in [3.8, 4) is 5.88 Å². The number of aromatic nitrogens is 2. The molecule has 31 heavy (non-hydrogen) atoms. The van der Waals surface area contributed by atoms with Gasteiger partial charge in [0.1, 0.15) is 5.65 Å².